The summed E-state index contributed by atoms with van der Waals surface area (Å²) in [4.78, 5) is 29.7. The Morgan fingerprint density at radius 3 is 2.48 bits per heavy atom. The first-order chi connectivity index (χ1) is 13.1. The normalized spacial score (nSPS) is 16.7. The Morgan fingerprint density at radius 2 is 1.81 bits per heavy atom. The van der Waals surface area contributed by atoms with Crippen LogP contribution in [0.4, 0.5) is 0 Å². The van der Waals surface area contributed by atoms with Crippen molar-refractivity contribution < 1.29 is 4.79 Å². The Balaban J connectivity index is 1.61. The standard InChI is InChI=1S/C22H23N3O2/c1-15-6-3-4-7-19(15)20-8-5-13-24(20)21(26)17-9-11-18(12-10-17)25-16(2)14-23-22(25)27/h3-4,6-7,9-12,14,20H,5,8,13H2,1-2H3,(H,23,27). The number of likely N-dealkylation sites (tertiary alicyclic amines) is 1. The summed E-state index contributed by atoms with van der Waals surface area (Å²) in [5.41, 5.74) is 4.52. The summed E-state index contributed by atoms with van der Waals surface area (Å²) in [7, 11) is 0. The number of aromatic nitrogens is 2. The van der Waals surface area contributed by atoms with E-state index in [0.717, 1.165) is 30.8 Å². The quantitative estimate of drug-likeness (QED) is 0.772. The fourth-order valence-electron chi connectivity index (χ4n) is 3.99. The van der Waals surface area contributed by atoms with Crippen molar-refractivity contribution in [3.63, 3.8) is 0 Å². The van der Waals surface area contributed by atoms with Crippen LogP contribution in [-0.2, 0) is 0 Å². The molecular formula is C22H23N3O2. The molecule has 0 aliphatic carbocycles. The van der Waals surface area contributed by atoms with E-state index in [4.69, 9.17) is 0 Å². The maximum atomic E-state index is 13.1. The van der Waals surface area contributed by atoms with Gasteiger partial charge in [-0.25, -0.2) is 4.79 Å². The van der Waals surface area contributed by atoms with Gasteiger partial charge in [0.15, 0.2) is 0 Å². The Hall–Kier alpha value is -3.08. The van der Waals surface area contributed by atoms with Gasteiger partial charge in [0.05, 0.1) is 11.7 Å². The fourth-order valence-corrected chi connectivity index (χ4v) is 3.99. The third kappa shape index (κ3) is 3.10. The van der Waals surface area contributed by atoms with E-state index < -0.39 is 0 Å². The summed E-state index contributed by atoms with van der Waals surface area (Å²) >= 11 is 0. The molecule has 1 saturated heterocycles. The molecule has 1 aliphatic rings. The van der Waals surface area contributed by atoms with Crippen LogP contribution in [0.15, 0.2) is 59.5 Å². The molecule has 0 bridgehead atoms. The van der Waals surface area contributed by atoms with Crippen LogP contribution in [0.2, 0.25) is 0 Å². The Kier molecular flexibility index (Phi) is 4.44. The van der Waals surface area contributed by atoms with E-state index in [2.05, 4.69) is 24.0 Å². The third-order valence-electron chi connectivity index (χ3n) is 5.39. The summed E-state index contributed by atoms with van der Waals surface area (Å²) in [5, 5.41) is 0. The molecule has 1 unspecified atom stereocenters. The molecule has 5 nitrogen and oxygen atoms in total. The van der Waals surface area contributed by atoms with E-state index in [1.54, 1.807) is 10.8 Å². The van der Waals surface area contributed by atoms with Crippen LogP contribution >= 0.6 is 0 Å². The number of aryl methyl sites for hydroxylation is 2. The minimum absolute atomic E-state index is 0.0467. The van der Waals surface area contributed by atoms with Crippen LogP contribution in [0.1, 0.15) is 46.1 Å². The number of benzene rings is 2. The summed E-state index contributed by atoms with van der Waals surface area (Å²) < 4.78 is 1.60. The van der Waals surface area contributed by atoms with Crippen LogP contribution < -0.4 is 5.69 Å². The van der Waals surface area contributed by atoms with E-state index in [1.807, 2.05) is 48.2 Å². The van der Waals surface area contributed by atoms with Crippen LogP contribution in [0.3, 0.4) is 0 Å². The Morgan fingerprint density at radius 1 is 1.07 bits per heavy atom. The van der Waals surface area contributed by atoms with Gasteiger partial charge in [0, 0.05) is 24.0 Å². The summed E-state index contributed by atoms with van der Waals surface area (Å²) in [5.74, 6) is 0.0467. The fraction of sp³-hybridized carbons (Fsp3) is 0.273. The van der Waals surface area contributed by atoms with E-state index >= 15 is 0 Å². The van der Waals surface area contributed by atoms with Gasteiger partial charge in [-0.15, -0.1) is 0 Å². The highest BCUT2D eigenvalue weighted by atomic mass is 16.2. The number of nitrogens with one attached hydrogen (secondary N) is 1. The lowest BCUT2D eigenvalue weighted by molar-refractivity contribution is 0.0735. The number of hydrogen-bond acceptors (Lipinski definition) is 2. The molecular weight excluding hydrogens is 338 g/mol. The molecule has 1 N–H and O–H groups in total. The van der Waals surface area contributed by atoms with Crippen molar-refractivity contribution in [2.24, 2.45) is 0 Å². The van der Waals surface area contributed by atoms with E-state index in [1.165, 1.54) is 11.1 Å². The van der Waals surface area contributed by atoms with Crippen LogP contribution in [-0.4, -0.2) is 26.9 Å². The second kappa shape index (κ2) is 6.91. The monoisotopic (exact) mass is 361 g/mol. The molecule has 1 amide bonds. The van der Waals surface area contributed by atoms with Gasteiger partial charge >= 0.3 is 5.69 Å². The van der Waals surface area contributed by atoms with Gasteiger partial charge in [0.2, 0.25) is 0 Å². The molecule has 2 heterocycles. The lowest BCUT2D eigenvalue weighted by atomic mass is 9.99. The van der Waals surface area contributed by atoms with Crippen molar-refractivity contribution in [3.8, 4) is 5.69 Å². The predicted molar refractivity (Wildman–Crippen MR) is 105 cm³/mol. The first-order valence-electron chi connectivity index (χ1n) is 9.30. The number of aromatic amines is 1. The molecule has 0 spiro atoms. The van der Waals surface area contributed by atoms with Crippen molar-refractivity contribution in [2.75, 3.05) is 6.54 Å². The average Bonchev–Trinajstić information content (AvgIpc) is 3.28. The second-order valence-electron chi connectivity index (χ2n) is 7.13. The molecule has 138 valence electrons. The predicted octanol–water partition coefficient (Wildman–Crippen LogP) is 3.76. The minimum atomic E-state index is -0.175. The number of carbonyl (C=O) groups excluding carboxylic acids is 1. The van der Waals surface area contributed by atoms with Crippen molar-refractivity contribution >= 4 is 5.91 Å². The number of hydrogen-bond donors (Lipinski definition) is 1. The molecule has 3 aromatic rings. The Labute approximate surface area is 158 Å². The van der Waals surface area contributed by atoms with Gasteiger partial charge in [-0.05, 0) is 62.1 Å². The molecule has 5 heteroatoms. The van der Waals surface area contributed by atoms with Gasteiger partial charge in [-0.2, -0.15) is 0 Å². The van der Waals surface area contributed by atoms with Crippen molar-refractivity contribution in [1.82, 2.24) is 14.5 Å². The smallest absolute Gasteiger partial charge is 0.330 e. The number of carbonyl (C=O) groups is 1. The lowest BCUT2D eigenvalue weighted by Crippen LogP contribution is -2.31. The minimum Gasteiger partial charge on any atom is -0.332 e. The number of H-pyrrole nitrogens is 1. The van der Waals surface area contributed by atoms with Crippen molar-refractivity contribution in [2.45, 2.75) is 32.7 Å². The van der Waals surface area contributed by atoms with E-state index in [-0.39, 0.29) is 17.6 Å². The maximum Gasteiger partial charge on any atom is 0.330 e. The molecule has 0 radical (unpaired) electrons. The first-order valence-corrected chi connectivity index (χ1v) is 9.30. The maximum absolute atomic E-state index is 13.1. The van der Waals surface area contributed by atoms with Gasteiger partial charge < -0.3 is 9.88 Å². The van der Waals surface area contributed by atoms with Crippen molar-refractivity contribution in [3.05, 3.63) is 87.6 Å². The molecule has 1 fully saturated rings. The zero-order chi connectivity index (χ0) is 19.0. The SMILES string of the molecule is Cc1ccccc1C1CCCN1C(=O)c1ccc(-n2c(C)c[nH]c2=O)cc1. The van der Waals surface area contributed by atoms with Gasteiger partial charge in [0.25, 0.3) is 5.91 Å². The summed E-state index contributed by atoms with van der Waals surface area (Å²) in [6.45, 7) is 4.74. The van der Waals surface area contributed by atoms with E-state index in [9.17, 15) is 9.59 Å². The first kappa shape index (κ1) is 17.3. The second-order valence-corrected chi connectivity index (χ2v) is 7.13. The number of nitrogens with zero attached hydrogens (tertiary/aromatic N) is 2. The number of imidazole rings is 1. The average molecular weight is 361 g/mol. The molecule has 4 rings (SSSR count). The van der Waals surface area contributed by atoms with Gasteiger partial charge in [-0.1, -0.05) is 24.3 Å². The number of amides is 1. The highest BCUT2D eigenvalue weighted by molar-refractivity contribution is 5.95. The van der Waals surface area contributed by atoms with Crippen LogP contribution in [0.25, 0.3) is 5.69 Å². The molecule has 1 aliphatic heterocycles. The zero-order valence-corrected chi connectivity index (χ0v) is 15.6. The van der Waals surface area contributed by atoms with Crippen LogP contribution in [0, 0.1) is 13.8 Å². The highest BCUT2D eigenvalue weighted by Crippen LogP contribution is 2.34. The zero-order valence-electron chi connectivity index (χ0n) is 15.6. The molecule has 27 heavy (non-hydrogen) atoms. The van der Waals surface area contributed by atoms with Crippen LogP contribution in [0.5, 0.6) is 0 Å². The lowest BCUT2D eigenvalue weighted by Gasteiger charge is -2.26. The summed E-state index contributed by atoms with van der Waals surface area (Å²) in [6.07, 6.45) is 3.69. The topological polar surface area (TPSA) is 58.1 Å². The van der Waals surface area contributed by atoms with Gasteiger partial charge in [0.1, 0.15) is 0 Å². The van der Waals surface area contributed by atoms with E-state index in [0.29, 0.717) is 5.56 Å². The number of rotatable bonds is 3. The van der Waals surface area contributed by atoms with Crippen molar-refractivity contribution in [1.29, 1.82) is 0 Å². The highest BCUT2D eigenvalue weighted by Gasteiger charge is 2.31. The molecule has 1 aromatic heterocycles. The van der Waals surface area contributed by atoms with Gasteiger partial charge in [-0.3, -0.25) is 9.36 Å². The summed E-state index contributed by atoms with van der Waals surface area (Å²) in [6, 6.07) is 15.7. The molecule has 1 atom stereocenters. The third-order valence-corrected chi connectivity index (χ3v) is 5.39. The largest absolute Gasteiger partial charge is 0.332 e. The molecule has 2 aromatic carbocycles. The molecule has 0 saturated carbocycles. The Bertz CT molecular complexity index is 1030.